The van der Waals surface area contributed by atoms with E-state index < -0.39 is 10.1 Å². The average molecular weight is 415 g/mol. The smallest absolute Gasteiger partial charge is 0.297 e. The summed E-state index contributed by atoms with van der Waals surface area (Å²) < 4.78 is 36.0. The summed E-state index contributed by atoms with van der Waals surface area (Å²) in [5, 5.41) is 0. The fourth-order valence-corrected chi connectivity index (χ4v) is 4.71. The third-order valence-corrected chi connectivity index (χ3v) is 7.10. The van der Waals surface area contributed by atoms with Gasteiger partial charge in [0.2, 0.25) is 0 Å². The molecular weight excluding hydrogens is 384 g/mol. The Labute approximate surface area is 174 Å². The lowest BCUT2D eigenvalue weighted by Gasteiger charge is -2.43. The van der Waals surface area contributed by atoms with Crippen molar-refractivity contribution in [3.05, 3.63) is 76.9 Å². The number of allylic oxidation sites excluding steroid dienone is 1. The van der Waals surface area contributed by atoms with Crippen LogP contribution < -0.4 is 0 Å². The van der Waals surface area contributed by atoms with Crippen LogP contribution in [0.2, 0.25) is 0 Å². The second-order valence-corrected chi connectivity index (χ2v) is 9.75. The van der Waals surface area contributed by atoms with Crippen molar-refractivity contribution in [1.82, 2.24) is 0 Å². The Kier molecular flexibility index (Phi) is 6.93. The fourth-order valence-electron chi connectivity index (χ4n) is 3.77. The molecule has 5 heteroatoms. The molecule has 2 aromatic rings. The minimum Gasteiger partial charge on any atom is -0.377 e. The van der Waals surface area contributed by atoms with E-state index >= 15 is 0 Å². The zero-order chi connectivity index (χ0) is 20.9. The highest BCUT2D eigenvalue weighted by Gasteiger charge is 2.38. The molecule has 0 N–H and O–H groups in total. The van der Waals surface area contributed by atoms with Gasteiger partial charge < -0.3 is 4.74 Å². The molecule has 0 aliphatic heterocycles. The van der Waals surface area contributed by atoms with Gasteiger partial charge in [0, 0.05) is 6.61 Å². The Hall–Kier alpha value is -1.95. The third kappa shape index (κ3) is 5.56. The minimum absolute atomic E-state index is 0.0672. The number of rotatable bonds is 9. The van der Waals surface area contributed by atoms with Gasteiger partial charge in [-0.15, -0.1) is 0 Å². The van der Waals surface area contributed by atoms with Crippen LogP contribution in [0.3, 0.4) is 0 Å². The van der Waals surface area contributed by atoms with Crippen molar-refractivity contribution in [2.24, 2.45) is 5.41 Å². The Morgan fingerprint density at radius 3 is 2.38 bits per heavy atom. The summed E-state index contributed by atoms with van der Waals surface area (Å²) >= 11 is 0. The van der Waals surface area contributed by atoms with Gasteiger partial charge in [0.1, 0.15) is 0 Å². The molecule has 2 aromatic carbocycles. The molecule has 0 unspecified atom stereocenters. The van der Waals surface area contributed by atoms with Crippen LogP contribution in [0.4, 0.5) is 0 Å². The lowest BCUT2D eigenvalue weighted by molar-refractivity contribution is 0.0814. The lowest BCUT2D eigenvalue weighted by atomic mass is 9.62. The van der Waals surface area contributed by atoms with Crippen LogP contribution in [0.25, 0.3) is 0 Å². The van der Waals surface area contributed by atoms with Crippen LogP contribution in [0, 0.1) is 12.3 Å². The van der Waals surface area contributed by atoms with Gasteiger partial charge >= 0.3 is 0 Å². The first kappa shape index (κ1) is 21.8. The first-order chi connectivity index (χ1) is 13.8. The highest BCUT2D eigenvalue weighted by Crippen LogP contribution is 2.50. The van der Waals surface area contributed by atoms with Gasteiger partial charge in [-0.05, 0) is 61.8 Å². The van der Waals surface area contributed by atoms with Crippen LogP contribution in [0.15, 0.2) is 70.6 Å². The summed E-state index contributed by atoms with van der Waals surface area (Å²) in [7, 11) is -3.74. The molecule has 1 aliphatic carbocycles. The molecule has 1 aliphatic rings. The zero-order valence-corrected chi connectivity index (χ0v) is 18.3. The average Bonchev–Trinajstić information content (AvgIpc) is 2.70. The Morgan fingerprint density at radius 1 is 1.07 bits per heavy atom. The molecule has 0 radical (unpaired) electrons. The van der Waals surface area contributed by atoms with E-state index in [1.807, 2.05) is 32.0 Å². The topological polar surface area (TPSA) is 52.6 Å². The van der Waals surface area contributed by atoms with Gasteiger partial charge in [0.25, 0.3) is 10.1 Å². The molecular formula is C24H30O4S. The third-order valence-electron chi connectivity index (χ3n) is 5.82. The van der Waals surface area contributed by atoms with E-state index in [0.29, 0.717) is 13.2 Å². The van der Waals surface area contributed by atoms with Crippen LogP contribution in [0.1, 0.15) is 44.2 Å². The molecule has 156 valence electrons. The second kappa shape index (κ2) is 9.24. The number of ether oxygens (including phenoxy) is 1. The Bertz CT molecular complexity index is 946. The van der Waals surface area contributed by atoms with Crippen LogP contribution in [-0.4, -0.2) is 21.6 Å². The van der Waals surface area contributed by atoms with E-state index in [4.69, 9.17) is 8.92 Å². The van der Waals surface area contributed by atoms with Crippen molar-refractivity contribution >= 4 is 10.1 Å². The van der Waals surface area contributed by atoms with Crippen molar-refractivity contribution in [3.63, 3.8) is 0 Å². The first-order valence-electron chi connectivity index (χ1n) is 10.1. The molecule has 0 spiro atoms. The van der Waals surface area contributed by atoms with Gasteiger partial charge in [0.15, 0.2) is 0 Å². The first-order valence-corrected chi connectivity index (χ1v) is 11.5. The van der Waals surface area contributed by atoms with E-state index in [-0.39, 0.29) is 16.9 Å². The van der Waals surface area contributed by atoms with Gasteiger partial charge in [-0.2, -0.15) is 8.42 Å². The number of hydrogen-bond donors (Lipinski definition) is 0. The summed E-state index contributed by atoms with van der Waals surface area (Å²) in [5.74, 6) is 0. The molecule has 0 saturated heterocycles. The fraction of sp³-hybridized carbons (Fsp3) is 0.417. The summed E-state index contributed by atoms with van der Waals surface area (Å²) in [6.07, 6.45) is 3.02. The van der Waals surface area contributed by atoms with Crippen molar-refractivity contribution in [2.75, 3.05) is 13.2 Å². The van der Waals surface area contributed by atoms with Crippen molar-refractivity contribution in [1.29, 1.82) is 0 Å². The molecule has 1 fully saturated rings. The van der Waals surface area contributed by atoms with Crippen molar-refractivity contribution < 1.29 is 17.3 Å². The summed E-state index contributed by atoms with van der Waals surface area (Å²) in [5.41, 5.74) is 4.57. The molecule has 1 saturated carbocycles. The standard InChI is InChI=1S/C24H30O4S/c1-19-9-11-22(12-10-19)29(25,26)28-17-20(2)23-13-14-24(23,3)15-16-27-18-21-7-5-4-6-8-21/h4-12H,13-18H2,1-3H3/b23-20-/t24-/m1/s1. The predicted molar refractivity (Wildman–Crippen MR) is 115 cm³/mol. The maximum Gasteiger partial charge on any atom is 0.297 e. The number of hydrogen-bond acceptors (Lipinski definition) is 4. The van der Waals surface area contributed by atoms with Crippen LogP contribution in [-0.2, 0) is 25.6 Å². The molecule has 3 rings (SSSR count). The maximum absolute atomic E-state index is 12.4. The molecule has 0 heterocycles. The van der Waals surface area contributed by atoms with Gasteiger partial charge in [-0.1, -0.05) is 60.5 Å². The van der Waals surface area contributed by atoms with E-state index in [1.165, 1.54) is 11.1 Å². The largest absolute Gasteiger partial charge is 0.377 e. The quantitative estimate of drug-likeness (QED) is 0.312. The summed E-state index contributed by atoms with van der Waals surface area (Å²) in [6.45, 7) is 7.54. The van der Waals surface area contributed by atoms with E-state index in [9.17, 15) is 8.42 Å². The monoisotopic (exact) mass is 414 g/mol. The number of aryl methyl sites for hydroxylation is 1. The lowest BCUT2D eigenvalue weighted by Crippen LogP contribution is -2.32. The van der Waals surface area contributed by atoms with Gasteiger partial charge in [-0.3, -0.25) is 4.18 Å². The normalized spacial score (nSPS) is 20.9. The van der Waals surface area contributed by atoms with Gasteiger partial charge in [0.05, 0.1) is 18.1 Å². The highest BCUT2D eigenvalue weighted by atomic mass is 32.2. The molecule has 0 bridgehead atoms. The van der Waals surface area contributed by atoms with E-state index in [0.717, 1.165) is 30.4 Å². The second-order valence-electron chi connectivity index (χ2n) is 8.14. The molecule has 4 nitrogen and oxygen atoms in total. The summed E-state index contributed by atoms with van der Waals surface area (Å²) in [4.78, 5) is 0.201. The highest BCUT2D eigenvalue weighted by molar-refractivity contribution is 7.86. The predicted octanol–water partition coefficient (Wildman–Crippen LogP) is 5.42. The number of benzene rings is 2. The molecule has 29 heavy (non-hydrogen) atoms. The van der Waals surface area contributed by atoms with Crippen molar-refractivity contribution in [3.8, 4) is 0 Å². The van der Waals surface area contributed by atoms with Crippen LogP contribution >= 0.6 is 0 Å². The molecule has 1 atom stereocenters. The Morgan fingerprint density at radius 2 is 1.76 bits per heavy atom. The van der Waals surface area contributed by atoms with E-state index in [1.54, 1.807) is 24.3 Å². The molecule has 0 amide bonds. The maximum atomic E-state index is 12.4. The summed E-state index contributed by atoms with van der Waals surface area (Å²) in [6, 6.07) is 16.9. The van der Waals surface area contributed by atoms with E-state index in [2.05, 4.69) is 19.1 Å². The van der Waals surface area contributed by atoms with Crippen LogP contribution in [0.5, 0.6) is 0 Å². The van der Waals surface area contributed by atoms with Crippen molar-refractivity contribution in [2.45, 2.75) is 51.5 Å². The minimum atomic E-state index is -3.74. The van der Waals surface area contributed by atoms with Gasteiger partial charge in [-0.25, -0.2) is 0 Å². The Balaban J connectivity index is 1.53. The zero-order valence-electron chi connectivity index (χ0n) is 17.5. The molecule has 0 aromatic heterocycles. The SMILES string of the molecule is C/C(COS(=O)(=O)c1ccc(C)cc1)=C1\CC[C@]1(C)CCOCc1ccccc1.